The molecule has 0 radical (unpaired) electrons. The molecule has 1 amide bonds. The van der Waals surface area contributed by atoms with Gasteiger partial charge in [-0.15, -0.1) is 11.3 Å². The van der Waals surface area contributed by atoms with Gasteiger partial charge < -0.3 is 0 Å². The monoisotopic (exact) mass is 398 g/mol. The lowest BCUT2D eigenvalue weighted by atomic mass is 10.1. The Morgan fingerprint density at radius 1 is 1.16 bits per heavy atom. The zero-order valence-electron chi connectivity index (χ0n) is 12.5. The number of hydrogen-bond acceptors (Lipinski definition) is 3. The number of carbonyl (C=O) groups excluding carboxylic acids is 1. The molecular weight excluding hydrogens is 389 g/mol. The van der Waals surface area contributed by atoms with Gasteiger partial charge >= 0.3 is 0 Å². The van der Waals surface area contributed by atoms with Gasteiger partial charge in [-0.2, -0.15) is 0 Å². The van der Waals surface area contributed by atoms with Crippen LogP contribution in [0, 0.1) is 11.6 Å². The molecule has 0 atom stereocenters. The highest BCUT2D eigenvalue weighted by Gasteiger charge is 2.16. The molecule has 1 aromatic heterocycles. The van der Waals surface area contributed by atoms with E-state index in [2.05, 4.69) is 10.3 Å². The van der Waals surface area contributed by atoms with E-state index in [4.69, 9.17) is 23.2 Å². The van der Waals surface area contributed by atoms with Crippen molar-refractivity contribution < 1.29 is 13.6 Å². The predicted octanol–water partition coefficient (Wildman–Crippen LogP) is 5.57. The Bertz CT molecular complexity index is 946. The lowest BCUT2D eigenvalue weighted by Crippen LogP contribution is -2.12. The molecular formula is C17H10Cl2F2N2OS. The second-order valence-electron chi connectivity index (χ2n) is 5.14. The van der Waals surface area contributed by atoms with E-state index < -0.39 is 11.7 Å². The Hall–Kier alpha value is -2.02. The first-order valence-electron chi connectivity index (χ1n) is 7.07. The largest absolute Gasteiger partial charge is 0.298 e. The maximum atomic E-state index is 13.5. The molecule has 0 aliphatic carbocycles. The van der Waals surface area contributed by atoms with Crippen LogP contribution in [0.3, 0.4) is 0 Å². The third-order valence-electron chi connectivity index (χ3n) is 3.30. The van der Waals surface area contributed by atoms with Gasteiger partial charge in [0.05, 0.1) is 15.6 Å². The summed E-state index contributed by atoms with van der Waals surface area (Å²) in [6.45, 7) is 0. The number of rotatable bonds is 4. The average Bonchev–Trinajstić information content (AvgIpc) is 2.97. The molecule has 0 bridgehead atoms. The summed E-state index contributed by atoms with van der Waals surface area (Å²) in [5.74, 6) is -1.63. The van der Waals surface area contributed by atoms with E-state index in [9.17, 15) is 13.6 Å². The highest BCUT2D eigenvalue weighted by molar-refractivity contribution is 7.15. The first-order valence-corrected chi connectivity index (χ1v) is 8.64. The molecule has 0 unspecified atom stereocenters. The molecule has 8 heteroatoms. The molecule has 1 heterocycles. The van der Waals surface area contributed by atoms with Crippen LogP contribution in [-0.4, -0.2) is 10.9 Å². The van der Waals surface area contributed by atoms with Crippen LogP contribution in [0.2, 0.25) is 10.0 Å². The van der Waals surface area contributed by atoms with Gasteiger partial charge in [-0.05, 0) is 29.8 Å². The molecule has 0 fully saturated rings. The lowest BCUT2D eigenvalue weighted by Gasteiger charge is -2.05. The Morgan fingerprint density at radius 2 is 1.96 bits per heavy atom. The van der Waals surface area contributed by atoms with Crippen molar-refractivity contribution in [2.24, 2.45) is 0 Å². The third-order valence-corrected chi connectivity index (χ3v) is 4.81. The number of hydrogen-bond donors (Lipinski definition) is 1. The second-order valence-corrected chi connectivity index (χ2v) is 7.07. The summed E-state index contributed by atoms with van der Waals surface area (Å²) < 4.78 is 26.7. The lowest BCUT2D eigenvalue weighted by molar-refractivity contribution is 0.102. The summed E-state index contributed by atoms with van der Waals surface area (Å²) in [4.78, 5) is 17.2. The Kier molecular flexibility index (Phi) is 5.32. The van der Waals surface area contributed by atoms with Crippen LogP contribution >= 0.6 is 34.5 Å². The molecule has 3 nitrogen and oxygen atoms in total. The summed E-state index contributed by atoms with van der Waals surface area (Å²) in [6.07, 6.45) is 2.08. The first kappa shape index (κ1) is 17.8. The highest BCUT2D eigenvalue weighted by atomic mass is 35.5. The molecule has 3 rings (SSSR count). The number of thiazole rings is 1. The van der Waals surface area contributed by atoms with E-state index in [-0.39, 0.29) is 21.4 Å². The number of nitrogens with zero attached hydrogens (tertiary/aromatic N) is 1. The van der Waals surface area contributed by atoms with Crippen molar-refractivity contribution in [3.63, 3.8) is 0 Å². The SMILES string of the molecule is O=C(Nc1ncc(Cc2cccc(F)c2)s1)c1cc(F)c(Cl)cc1Cl. The van der Waals surface area contributed by atoms with Gasteiger partial charge in [0.15, 0.2) is 5.13 Å². The molecule has 128 valence electrons. The topological polar surface area (TPSA) is 42.0 Å². The quantitative estimate of drug-likeness (QED) is 0.583. The summed E-state index contributed by atoms with van der Waals surface area (Å²) in [6, 6.07) is 8.39. The van der Waals surface area contributed by atoms with Crippen molar-refractivity contribution in [1.82, 2.24) is 4.98 Å². The van der Waals surface area contributed by atoms with Gasteiger partial charge in [0.1, 0.15) is 11.6 Å². The standard InChI is InChI=1S/C17H10Cl2F2N2OS/c18-13-7-14(19)15(21)6-12(13)16(24)23-17-22-8-11(25-17)5-9-2-1-3-10(20)4-9/h1-4,6-8H,5H2,(H,22,23,24). The molecule has 0 spiro atoms. The first-order chi connectivity index (χ1) is 11.9. The maximum Gasteiger partial charge on any atom is 0.259 e. The maximum absolute atomic E-state index is 13.5. The second kappa shape index (κ2) is 7.47. The Morgan fingerprint density at radius 3 is 2.72 bits per heavy atom. The summed E-state index contributed by atoms with van der Waals surface area (Å²) in [7, 11) is 0. The third kappa shape index (κ3) is 4.34. The fraction of sp³-hybridized carbons (Fsp3) is 0.0588. The van der Waals surface area contributed by atoms with Crippen LogP contribution in [0.4, 0.5) is 13.9 Å². The Balaban J connectivity index is 1.73. The zero-order chi connectivity index (χ0) is 18.0. The van der Waals surface area contributed by atoms with E-state index >= 15 is 0 Å². The van der Waals surface area contributed by atoms with Crippen LogP contribution in [0.15, 0.2) is 42.6 Å². The van der Waals surface area contributed by atoms with E-state index in [0.29, 0.717) is 11.6 Å². The van der Waals surface area contributed by atoms with Crippen molar-refractivity contribution in [3.8, 4) is 0 Å². The molecule has 0 aliphatic heterocycles. The fourth-order valence-electron chi connectivity index (χ4n) is 2.16. The molecule has 0 saturated carbocycles. The van der Waals surface area contributed by atoms with E-state index in [1.807, 2.05) is 0 Å². The predicted molar refractivity (Wildman–Crippen MR) is 95.7 cm³/mol. The van der Waals surface area contributed by atoms with Gasteiger partial charge in [-0.25, -0.2) is 13.8 Å². The number of carbonyl (C=O) groups is 1. The number of aromatic nitrogens is 1. The van der Waals surface area contributed by atoms with Crippen molar-refractivity contribution in [2.75, 3.05) is 5.32 Å². The number of nitrogens with one attached hydrogen (secondary N) is 1. The van der Waals surface area contributed by atoms with Gasteiger partial charge in [-0.1, -0.05) is 35.3 Å². The molecule has 0 saturated heterocycles. The van der Waals surface area contributed by atoms with Crippen molar-refractivity contribution in [3.05, 3.63) is 80.3 Å². The summed E-state index contributed by atoms with van der Waals surface area (Å²) in [5, 5.41) is 2.78. The number of anilines is 1. The normalized spacial score (nSPS) is 10.7. The van der Waals surface area contributed by atoms with Gasteiger partial charge in [0.2, 0.25) is 0 Å². The molecule has 1 N–H and O–H groups in total. The van der Waals surface area contributed by atoms with E-state index in [1.54, 1.807) is 18.3 Å². The van der Waals surface area contributed by atoms with E-state index in [0.717, 1.165) is 16.5 Å². The molecule has 2 aromatic carbocycles. The van der Waals surface area contributed by atoms with Crippen LogP contribution < -0.4 is 5.32 Å². The van der Waals surface area contributed by atoms with Crippen LogP contribution in [0.1, 0.15) is 20.8 Å². The van der Waals surface area contributed by atoms with Crippen molar-refractivity contribution >= 4 is 45.6 Å². The molecule has 3 aromatic rings. The fourth-order valence-corrected chi connectivity index (χ4v) is 3.47. The number of benzene rings is 2. The van der Waals surface area contributed by atoms with Gasteiger partial charge in [0.25, 0.3) is 5.91 Å². The minimum Gasteiger partial charge on any atom is -0.298 e. The number of halogens is 4. The van der Waals surface area contributed by atoms with Crippen LogP contribution in [0.5, 0.6) is 0 Å². The zero-order valence-corrected chi connectivity index (χ0v) is 14.9. The summed E-state index contributed by atoms with van der Waals surface area (Å²) >= 11 is 12.8. The molecule has 25 heavy (non-hydrogen) atoms. The minimum atomic E-state index is -0.734. The van der Waals surface area contributed by atoms with Crippen molar-refractivity contribution in [2.45, 2.75) is 6.42 Å². The van der Waals surface area contributed by atoms with Gasteiger partial charge in [0, 0.05) is 17.5 Å². The van der Waals surface area contributed by atoms with Crippen molar-refractivity contribution in [1.29, 1.82) is 0 Å². The van der Waals surface area contributed by atoms with Crippen LogP contribution in [0.25, 0.3) is 0 Å². The van der Waals surface area contributed by atoms with Crippen LogP contribution in [-0.2, 0) is 6.42 Å². The minimum absolute atomic E-state index is 0.0366. The average molecular weight is 399 g/mol. The van der Waals surface area contributed by atoms with Gasteiger partial charge in [-0.3, -0.25) is 10.1 Å². The highest BCUT2D eigenvalue weighted by Crippen LogP contribution is 2.26. The smallest absolute Gasteiger partial charge is 0.259 e. The molecule has 0 aliphatic rings. The Labute approximate surface area is 156 Å². The summed E-state index contributed by atoms with van der Waals surface area (Å²) in [5.41, 5.74) is 0.759. The number of amides is 1. The van der Waals surface area contributed by atoms with E-state index in [1.165, 1.54) is 29.5 Å².